The van der Waals surface area contributed by atoms with Crippen LogP contribution in [0.2, 0.25) is 0 Å². The monoisotopic (exact) mass is 236 g/mol. The summed E-state index contributed by atoms with van der Waals surface area (Å²) in [5.74, 6) is 2.83. The minimum absolute atomic E-state index is 0.898. The molecule has 0 saturated heterocycles. The second-order valence-corrected chi connectivity index (χ2v) is 6.35. The second-order valence-electron chi connectivity index (χ2n) is 6.35. The molecule has 0 heteroatoms. The molecule has 1 aliphatic rings. The van der Waals surface area contributed by atoms with Gasteiger partial charge >= 0.3 is 0 Å². The Balaban J connectivity index is 2.24. The maximum absolute atomic E-state index is 4.34. The molecule has 1 fully saturated rings. The highest BCUT2D eigenvalue weighted by Gasteiger charge is 2.19. The van der Waals surface area contributed by atoms with Crippen molar-refractivity contribution in [2.24, 2.45) is 17.8 Å². The second kappa shape index (κ2) is 7.95. The van der Waals surface area contributed by atoms with Gasteiger partial charge in [0, 0.05) is 0 Å². The smallest absolute Gasteiger partial charge is 0.0294 e. The summed E-state index contributed by atoms with van der Waals surface area (Å²) in [5, 5.41) is 0. The van der Waals surface area contributed by atoms with Crippen LogP contribution in [0.5, 0.6) is 0 Å². The zero-order valence-electron chi connectivity index (χ0n) is 12.3. The highest BCUT2D eigenvalue weighted by atomic mass is 14.2. The third-order valence-electron chi connectivity index (χ3n) is 4.56. The van der Waals surface area contributed by atoms with Crippen molar-refractivity contribution in [3.63, 3.8) is 0 Å². The molecule has 0 amide bonds. The molecule has 0 spiro atoms. The van der Waals surface area contributed by atoms with Crippen LogP contribution in [0, 0.1) is 17.8 Å². The van der Waals surface area contributed by atoms with E-state index in [2.05, 4.69) is 27.4 Å². The summed E-state index contributed by atoms with van der Waals surface area (Å²) in [6, 6.07) is 0. The molecule has 1 unspecified atom stereocenters. The lowest BCUT2D eigenvalue weighted by Gasteiger charge is -2.27. The lowest BCUT2D eigenvalue weighted by atomic mass is 9.79. The van der Waals surface area contributed by atoms with Crippen molar-refractivity contribution in [2.75, 3.05) is 0 Å². The highest BCUT2D eigenvalue weighted by molar-refractivity contribution is 4.98. The fraction of sp³-hybridized carbons (Fsp3) is 0.882. The molecule has 1 saturated carbocycles. The predicted molar refractivity (Wildman–Crippen MR) is 78.2 cm³/mol. The Bertz CT molecular complexity index is 208. The van der Waals surface area contributed by atoms with Gasteiger partial charge in [-0.15, -0.1) is 0 Å². The van der Waals surface area contributed by atoms with Crippen LogP contribution in [-0.4, -0.2) is 0 Å². The maximum atomic E-state index is 4.34. The van der Waals surface area contributed by atoms with Gasteiger partial charge in [-0.2, -0.15) is 0 Å². The van der Waals surface area contributed by atoms with Crippen LogP contribution in [0.25, 0.3) is 0 Å². The number of hydrogen-bond acceptors (Lipinski definition) is 0. The number of allylic oxidation sites excluding steroid dienone is 1. The molecule has 0 heterocycles. The van der Waals surface area contributed by atoms with Gasteiger partial charge in [0.2, 0.25) is 0 Å². The van der Waals surface area contributed by atoms with Gasteiger partial charge in [-0.1, -0.05) is 65.0 Å². The summed E-state index contributed by atoms with van der Waals surface area (Å²) >= 11 is 0. The molecule has 0 aromatic rings. The van der Waals surface area contributed by atoms with Crippen molar-refractivity contribution in [2.45, 2.75) is 78.6 Å². The van der Waals surface area contributed by atoms with E-state index in [-0.39, 0.29) is 0 Å². The van der Waals surface area contributed by atoms with Crippen molar-refractivity contribution in [3.8, 4) is 0 Å². The summed E-state index contributed by atoms with van der Waals surface area (Å²) in [4.78, 5) is 0. The molecule has 0 nitrogen and oxygen atoms in total. The number of rotatable bonds is 7. The standard InChI is InChI=1S/C17H32/c1-5-7-16(6-2)12-15(4)13-17-10-8-14(3)9-11-17/h14,16-17H,4-13H2,1-3H3. The third-order valence-corrected chi connectivity index (χ3v) is 4.56. The van der Waals surface area contributed by atoms with E-state index in [0.29, 0.717) is 0 Å². The average molecular weight is 236 g/mol. The van der Waals surface area contributed by atoms with E-state index in [4.69, 9.17) is 0 Å². The van der Waals surface area contributed by atoms with Crippen LogP contribution in [0.3, 0.4) is 0 Å². The van der Waals surface area contributed by atoms with Crippen LogP contribution >= 0.6 is 0 Å². The van der Waals surface area contributed by atoms with Crippen molar-refractivity contribution >= 4 is 0 Å². The molecule has 0 bridgehead atoms. The van der Waals surface area contributed by atoms with Gasteiger partial charge in [0.25, 0.3) is 0 Å². The molecule has 0 radical (unpaired) electrons. The fourth-order valence-electron chi connectivity index (χ4n) is 3.29. The third kappa shape index (κ3) is 5.75. The summed E-state index contributed by atoms with van der Waals surface area (Å²) in [5.41, 5.74) is 1.53. The van der Waals surface area contributed by atoms with Crippen LogP contribution in [0.1, 0.15) is 78.6 Å². The average Bonchev–Trinajstić information content (AvgIpc) is 2.31. The van der Waals surface area contributed by atoms with E-state index >= 15 is 0 Å². The molecule has 1 aliphatic carbocycles. The van der Waals surface area contributed by atoms with Gasteiger partial charge in [-0.05, 0) is 43.4 Å². The van der Waals surface area contributed by atoms with Gasteiger partial charge in [0.15, 0.2) is 0 Å². The van der Waals surface area contributed by atoms with E-state index in [0.717, 1.165) is 17.8 Å². The topological polar surface area (TPSA) is 0 Å². The zero-order chi connectivity index (χ0) is 12.7. The quantitative estimate of drug-likeness (QED) is 0.477. The first kappa shape index (κ1) is 14.8. The van der Waals surface area contributed by atoms with Gasteiger partial charge in [0.05, 0.1) is 0 Å². The Labute approximate surface area is 109 Å². The van der Waals surface area contributed by atoms with Crippen molar-refractivity contribution in [1.29, 1.82) is 0 Å². The van der Waals surface area contributed by atoms with Crippen molar-refractivity contribution in [1.82, 2.24) is 0 Å². The summed E-state index contributed by atoms with van der Waals surface area (Å²) < 4.78 is 0. The van der Waals surface area contributed by atoms with Crippen LogP contribution < -0.4 is 0 Å². The summed E-state index contributed by atoms with van der Waals surface area (Å²) in [7, 11) is 0. The number of hydrogen-bond donors (Lipinski definition) is 0. The molecule has 1 rings (SSSR count). The molecule has 17 heavy (non-hydrogen) atoms. The predicted octanol–water partition coefficient (Wildman–Crippen LogP) is 5.98. The minimum Gasteiger partial charge on any atom is -0.0998 e. The molecular formula is C17H32. The summed E-state index contributed by atoms with van der Waals surface area (Å²) in [6.07, 6.45) is 12.4. The van der Waals surface area contributed by atoms with E-state index in [1.807, 2.05) is 0 Å². The van der Waals surface area contributed by atoms with Crippen molar-refractivity contribution in [3.05, 3.63) is 12.2 Å². The zero-order valence-corrected chi connectivity index (χ0v) is 12.3. The molecule has 0 N–H and O–H groups in total. The van der Waals surface area contributed by atoms with Crippen LogP contribution in [0.4, 0.5) is 0 Å². The van der Waals surface area contributed by atoms with Gasteiger partial charge in [-0.25, -0.2) is 0 Å². The fourth-order valence-corrected chi connectivity index (χ4v) is 3.29. The van der Waals surface area contributed by atoms with Crippen molar-refractivity contribution < 1.29 is 0 Å². The Kier molecular flexibility index (Phi) is 6.92. The first-order valence-electron chi connectivity index (χ1n) is 7.82. The first-order chi connectivity index (χ1) is 8.15. The largest absolute Gasteiger partial charge is 0.0998 e. The molecule has 0 aromatic carbocycles. The van der Waals surface area contributed by atoms with E-state index in [1.165, 1.54) is 63.4 Å². The minimum atomic E-state index is 0.898. The Morgan fingerprint density at radius 1 is 1.18 bits per heavy atom. The van der Waals surface area contributed by atoms with Gasteiger partial charge in [-0.3, -0.25) is 0 Å². The highest BCUT2D eigenvalue weighted by Crippen LogP contribution is 2.33. The molecule has 0 aromatic heterocycles. The molecular weight excluding hydrogens is 204 g/mol. The Morgan fingerprint density at radius 2 is 1.82 bits per heavy atom. The lowest BCUT2D eigenvalue weighted by Crippen LogP contribution is -2.13. The van der Waals surface area contributed by atoms with Gasteiger partial charge in [0.1, 0.15) is 0 Å². The molecule has 100 valence electrons. The van der Waals surface area contributed by atoms with E-state index < -0.39 is 0 Å². The SMILES string of the molecule is C=C(CC(CC)CCC)CC1CCC(C)CC1. The van der Waals surface area contributed by atoms with Crippen LogP contribution in [-0.2, 0) is 0 Å². The molecule has 0 aliphatic heterocycles. The van der Waals surface area contributed by atoms with Gasteiger partial charge < -0.3 is 0 Å². The summed E-state index contributed by atoms with van der Waals surface area (Å²) in [6.45, 7) is 11.4. The van der Waals surface area contributed by atoms with Crippen LogP contribution in [0.15, 0.2) is 12.2 Å². The maximum Gasteiger partial charge on any atom is -0.0294 e. The Hall–Kier alpha value is -0.260. The Morgan fingerprint density at radius 3 is 2.35 bits per heavy atom. The van der Waals surface area contributed by atoms with E-state index in [9.17, 15) is 0 Å². The van der Waals surface area contributed by atoms with E-state index in [1.54, 1.807) is 0 Å². The first-order valence-corrected chi connectivity index (χ1v) is 7.82. The lowest BCUT2D eigenvalue weighted by molar-refractivity contribution is 0.284. The molecule has 1 atom stereocenters. The normalized spacial score (nSPS) is 26.8.